The smallest absolute Gasteiger partial charge is 0.416 e. The van der Waals surface area contributed by atoms with Crippen molar-refractivity contribution in [2.24, 2.45) is 0 Å². The van der Waals surface area contributed by atoms with Crippen molar-refractivity contribution in [2.75, 3.05) is 0 Å². The predicted molar refractivity (Wildman–Crippen MR) is 49.1 cm³/mol. The van der Waals surface area contributed by atoms with E-state index in [1.807, 2.05) is 0 Å². The van der Waals surface area contributed by atoms with E-state index in [0.29, 0.717) is 11.1 Å². The molecule has 0 aliphatic rings. The topological polar surface area (TPSA) is 13.1 Å². The van der Waals surface area contributed by atoms with Crippen molar-refractivity contribution in [3.8, 4) is 11.1 Å². The molecule has 0 bridgehead atoms. The fourth-order valence-electron chi connectivity index (χ4n) is 1.30. The average molecular weight is 212 g/mol. The first-order valence-corrected chi connectivity index (χ1v) is 4.27. The van der Waals surface area contributed by atoms with Gasteiger partial charge in [0.15, 0.2) is 0 Å². The van der Waals surface area contributed by atoms with Gasteiger partial charge in [0.1, 0.15) is 0 Å². The largest absolute Gasteiger partial charge is 0.472 e. The van der Waals surface area contributed by atoms with Crippen LogP contribution in [0.25, 0.3) is 11.1 Å². The van der Waals surface area contributed by atoms with Crippen LogP contribution in [0.15, 0.2) is 47.3 Å². The summed E-state index contributed by atoms with van der Waals surface area (Å²) in [4.78, 5) is 0. The number of halogens is 3. The minimum Gasteiger partial charge on any atom is -0.472 e. The molecule has 0 fully saturated rings. The molecule has 0 spiro atoms. The lowest BCUT2D eigenvalue weighted by Crippen LogP contribution is -2.04. The van der Waals surface area contributed by atoms with E-state index in [9.17, 15) is 13.2 Å². The summed E-state index contributed by atoms with van der Waals surface area (Å²) < 4.78 is 42.0. The molecule has 2 aromatic rings. The van der Waals surface area contributed by atoms with Crippen LogP contribution in [-0.2, 0) is 6.18 Å². The molecular weight excluding hydrogens is 205 g/mol. The molecule has 1 heterocycles. The second-order valence-corrected chi connectivity index (χ2v) is 3.09. The molecule has 0 unspecified atom stereocenters. The molecule has 78 valence electrons. The van der Waals surface area contributed by atoms with Gasteiger partial charge in [-0.2, -0.15) is 13.2 Å². The van der Waals surface area contributed by atoms with Gasteiger partial charge in [-0.25, -0.2) is 0 Å². The molecule has 0 aliphatic carbocycles. The first-order chi connectivity index (χ1) is 7.07. The van der Waals surface area contributed by atoms with Crippen molar-refractivity contribution < 1.29 is 17.6 Å². The van der Waals surface area contributed by atoms with Crippen LogP contribution >= 0.6 is 0 Å². The highest BCUT2D eigenvalue weighted by molar-refractivity contribution is 5.62. The van der Waals surface area contributed by atoms with Crippen LogP contribution in [0.5, 0.6) is 0 Å². The summed E-state index contributed by atoms with van der Waals surface area (Å²) in [6.45, 7) is 0. The summed E-state index contributed by atoms with van der Waals surface area (Å²) in [6, 6.07) is 6.76. The number of rotatable bonds is 1. The molecular formula is C11H7F3O. The first kappa shape index (κ1) is 9.83. The number of benzene rings is 1. The van der Waals surface area contributed by atoms with E-state index < -0.39 is 11.7 Å². The second-order valence-electron chi connectivity index (χ2n) is 3.09. The van der Waals surface area contributed by atoms with E-state index in [0.717, 1.165) is 12.1 Å². The maximum Gasteiger partial charge on any atom is 0.416 e. The Kier molecular flexibility index (Phi) is 2.26. The molecule has 1 aromatic carbocycles. The summed E-state index contributed by atoms with van der Waals surface area (Å²) in [6.07, 6.45) is -1.47. The molecule has 0 radical (unpaired) electrons. The molecule has 1 aromatic heterocycles. The predicted octanol–water partition coefficient (Wildman–Crippen LogP) is 3.97. The van der Waals surface area contributed by atoms with Crippen LogP contribution in [0.4, 0.5) is 13.2 Å². The summed E-state index contributed by atoms with van der Waals surface area (Å²) in [5.74, 6) is 0. The van der Waals surface area contributed by atoms with Gasteiger partial charge in [0.2, 0.25) is 0 Å². The Balaban J connectivity index is 2.44. The summed E-state index contributed by atoms with van der Waals surface area (Å²) in [7, 11) is 0. The SMILES string of the molecule is FC(F)(F)c1cccc(-c2ccoc2)c1. The normalized spacial score (nSPS) is 11.7. The van der Waals surface area contributed by atoms with E-state index in [2.05, 4.69) is 0 Å². The van der Waals surface area contributed by atoms with E-state index >= 15 is 0 Å². The lowest BCUT2D eigenvalue weighted by molar-refractivity contribution is -0.137. The summed E-state index contributed by atoms with van der Waals surface area (Å²) >= 11 is 0. The first-order valence-electron chi connectivity index (χ1n) is 4.27. The molecule has 0 N–H and O–H groups in total. The van der Waals surface area contributed by atoms with E-state index in [1.54, 1.807) is 12.1 Å². The van der Waals surface area contributed by atoms with Crippen molar-refractivity contribution in [3.05, 3.63) is 48.4 Å². The lowest BCUT2D eigenvalue weighted by atomic mass is 10.1. The molecule has 0 atom stereocenters. The Labute approximate surface area is 84.1 Å². The molecule has 4 heteroatoms. The average Bonchev–Trinajstić information content (AvgIpc) is 2.69. The monoisotopic (exact) mass is 212 g/mol. The highest BCUT2D eigenvalue weighted by Gasteiger charge is 2.30. The number of hydrogen-bond acceptors (Lipinski definition) is 1. The maximum absolute atomic E-state index is 12.4. The van der Waals surface area contributed by atoms with Crippen LogP contribution in [0, 0.1) is 0 Å². The van der Waals surface area contributed by atoms with Crippen LogP contribution < -0.4 is 0 Å². The third-order valence-electron chi connectivity index (χ3n) is 2.04. The van der Waals surface area contributed by atoms with Crippen LogP contribution in [0.2, 0.25) is 0 Å². The second kappa shape index (κ2) is 3.46. The van der Waals surface area contributed by atoms with Gasteiger partial charge in [-0.3, -0.25) is 0 Å². The highest BCUT2D eigenvalue weighted by atomic mass is 19.4. The zero-order valence-corrected chi connectivity index (χ0v) is 7.58. The Bertz CT molecular complexity index is 443. The van der Waals surface area contributed by atoms with Gasteiger partial charge in [0, 0.05) is 5.56 Å². The minimum absolute atomic E-state index is 0.499. The van der Waals surface area contributed by atoms with Crippen LogP contribution in [0.3, 0.4) is 0 Å². The van der Waals surface area contributed by atoms with Gasteiger partial charge in [-0.05, 0) is 23.8 Å². The van der Waals surface area contributed by atoms with Gasteiger partial charge < -0.3 is 4.42 Å². The summed E-state index contributed by atoms with van der Waals surface area (Å²) in [5, 5.41) is 0. The highest BCUT2D eigenvalue weighted by Crippen LogP contribution is 2.32. The van der Waals surface area contributed by atoms with Crippen molar-refractivity contribution in [3.63, 3.8) is 0 Å². The maximum atomic E-state index is 12.4. The fourth-order valence-corrected chi connectivity index (χ4v) is 1.30. The van der Waals surface area contributed by atoms with Crippen LogP contribution in [-0.4, -0.2) is 0 Å². The van der Waals surface area contributed by atoms with Gasteiger partial charge in [-0.15, -0.1) is 0 Å². The minimum atomic E-state index is -4.31. The molecule has 0 amide bonds. The van der Waals surface area contributed by atoms with Crippen molar-refractivity contribution in [1.82, 2.24) is 0 Å². The molecule has 2 rings (SSSR count). The quantitative estimate of drug-likeness (QED) is 0.697. The van der Waals surface area contributed by atoms with Gasteiger partial charge in [-0.1, -0.05) is 12.1 Å². The van der Waals surface area contributed by atoms with Gasteiger partial charge in [0.25, 0.3) is 0 Å². The Morgan fingerprint density at radius 3 is 2.40 bits per heavy atom. The number of furan rings is 1. The standard InChI is InChI=1S/C11H7F3O/c12-11(13,14)10-3-1-2-8(6-10)9-4-5-15-7-9/h1-7H. The van der Waals surface area contributed by atoms with Crippen LogP contribution in [0.1, 0.15) is 5.56 Å². The summed E-state index contributed by atoms with van der Waals surface area (Å²) in [5.41, 5.74) is 0.487. The number of hydrogen-bond donors (Lipinski definition) is 0. The van der Waals surface area contributed by atoms with Crippen molar-refractivity contribution >= 4 is 0 Å². The Morgan fingerprint density at radius 2 is 1.80 bits per heavy atom. The van der Waals surface area contributed by atoms with Gasteiger partial charge >= 0.3 is 6.18 Å². The van der Waals surface area contributed by atoms with Gasteiger partial charge in [0.05, 0.1) is 18.1 Å². The third-order valence-corrected chi connectivity index (χ3v) is 2.04. The third kappa shape index (κ3) is 2.03. The fraction of sp³-hybridized carbons (Fsp3) is 0.0909. The molecule has 0 saturated carbocycles. The van der Waals surface area contributed by atoms with E-state index in [4.69, 9.17) is 4.42 Å². The van der Waals surface area contributed by atoms with E-state index in [1.165, 1.54) is 18.6 Å². The zero-order valence-electron chi connectivity index (χ0n) is 7.58. The molecule has 1 nitrogen and oxygen atoms in total. The zero-order chi connectivity index (χ0) is 10.9. The Morgan fingerprint density at radius 1 is 1.00 bits per heavy atom. The molecule has 15 heavy (non-hydrogen) atoms. The van der Waals surface area contributed by atoms with Crippen molar-refractivity contribution in [1.29, 1.82) is 0 Å². The molecule has 0 saturated heterocycles. The number of alkyl halides is 3. The van der Waals surface area contributed by atoms with Crippen molar-refractivity contribution in [2.45, 2.75) is 6.18 Å². The molecule has 0 aliphatic heterocycles. The van der Waals surface area contributed by atoms with E-state index in [-0.39, 0.29) is 0 Å². The lowest BCUT2D eigenvalue weighted by Gasteiger charge is -2.07. The Hall–Kier alpha value is -1.71.